The van der Waals surface area contributed by atoms with Crippen molar-refractivity contribution in [3.63, 3.8) is 0 Å². The number of esters is 1. The maximum atomic E-state index is 12.5. The lowest BCUT2D eigenvalue weighted by molar-refractivity contribution is -0.143. The van der Waals surface area contributed by atoms with Gasteiger partial charge in [-0.3, -0.25) is 9.59 Å². The average molecular weight is 1080 g/mol. The number of amides is 1. The largest absolute Gasteiger partial charge is 0.466 e. The summed E-state index contributed by atoms with van der Waals surface area (Å²) in [5.41, 5.74) is 0. The number of hydrogen-bond acceptors (Lipinski definition) is 5. The Morgan fingerprint density at radius 1 is 0.364 bits per heavy atom. The molecule has 0 saturated carbocycles. The predicted molar refractivity (Wildman–Crippen MR) is 338 cm³/mol. The van der Waals surface area contributed by atoms with Gasteiger partial charge in [-0.2, -0.15) is 0 Å². The van der Waals surface area contributed by atoms with Crippen molar-refractivity contribution in [2.75, 3.05) is 13.2 Å². The van der Waals surface area contributed by atoms with E-state index in [1.165, 1.54) is 302 Å². The molecule has 6 heteroatoms. The summed E-state index contributed by atoms with van der Waals surface area (Å²) in [5, 5.41) is 23.2. The highest BCUT2D eigenvalue weighted by atomic mass is 16.5. The topological polar surface area (TPSA) is 95.9 Å². The molecule has 0 aliphatic rings. The maximum absolute atomic E-state index is 12.5. The van der Waals surface area contributed by atoms with Crippen LogP contribution in [0.2, 0.25) is 0 Å². The van der Waals surface area contributed by atoms with Gasteiger partial charge in [0.2, 0.25) is 5.91 Å². The molecule has 0 radical (unpaired) electrons. The third-order valence-electron chi connectivity index (χ3n) is 16.2. The van der Waals surface area contributed by atoms with Crippen LogP contribution in [0.15, 0.2) is 36.5 Å². The van der Waals surface area contributed by atoms with E-state index >= 15 is 0 Å². The number of carbonyl (C=O) groups excluding carboxylic acids is 2. The molecule has 2 unspecified atom stereocenters. The van der Waals surface area contributed by atoms with Crippen LogP contribution in [0, 0.1) is 0 Å². The van der Waals surface area contributed by atoms with Crippen molar-refractivity contribution >= 4 is 11.9 Å². The molecule has 0 spiro atoms. The smallest absolute Gasteiger partial charge is 0.305 e. The molecule has 2 atom stereocenters. The fourth-order valence-electron chi connectivity index (χ4n) is 10.8. The number of carbonyl (C=O) groups is 2. The number of rotatable bonds is 65. The van der Waals surface area contributed by atoms with Crippen LogP contribution in [-0.2, 0) is 14.3 Å². The van der Waals surface area contributed by atoms with Crippen LogP contribution in [0.4, 0.5) is 0 Å². The van der Waals surface area contributed by atoms with Crippen LogP contribution in [0.1, 0.15) is 380 Å². The molecule has 77 heavy (non-hydrogen) atoms. The third kappa shape index (κ3) is 63.1. The molecule has 0 aromatic heterocycles. The van der Waals surface area contributed by atoms with Crippen LogP contribution < -0.4 is 5.32 Å². The van der Waals surface area contributed by atoms with Crippen LogP contribution >= 0.6 is 0 Å². The van der Waals surface area contributed by atoms with Gasteiger partial charge < -0.3 is 20.3 Å². The number of unbranched alkanes of at least 4 members (excludes halogenated alkanes) is 50. The number of nitrogens with one attached hydrogen (secondary N) is 1. The highest BCUT2D eigenvalue weighted by Gasteiger charge is 2.18. The summed E-state index contributed by atoms with van der Waals surface area (Å²) >= 11 is 0. The highest BCUT2D eigenvalue weighted by molar-refractivity contribution is 5.76. The zero-order valence-corrected chi connectivity index (χ0v) is 52.0. The van der Waals surface area contributed by atoms with E-state index in [9.17, 15) is 19.8 Å². The van der Waals surface area contributed by atoms with Crippen LogP contribution in [0.3, 0.4) is 0 Å². The minimum absolute atomic E-state index is 0.0106. The van der Waals surface area contributed by atoms with E-state index in [1.54, 1.807) is 6.08 Å². The third-order valence-corrected chi connectivity index (χ3v) is 16.2. The van der Waals surface area contributed by atoms with Gasteiger partial charge in [-0.1, -0.05) is 339 Å². The molecule has 6 nitrogen and oxygen atoms in total. The summed E-state index contributed by atoms with van der Waals surface area (Å²) in [6, 6.07) is -0.628. The highest BCUT2D eigenvalue weighted by Crippen LogP contribution is 2.18. The van der Waals surface area contributed by atoms with Crippen LogP contribution in [0.25, 0.3) is 0 Å². The van der Waals surface area contributed by atoms with Crippen molar-refractivity contribution in [2.45, 2.75) is 392 Å². The predicted octanol–water partition coefficient (Wildman–Crippen LogP) is 22.3. The lowest BCUT2D eigenvalue weighted by Gasteiger charge is -2.20. The van der Waals surface area contributed by atoms with Crippen molar-refractivity contribution in [3.05, 3.63) is 36.5 Å². The Kier molecular flexibility index (Phi) is 64.9. The van der Waals surface area contributed by atoms with E-state index in [0.717, 1.165) is 51.4 Å². The Bertz CT molecular complexity index is 1250. The molecule has 0 saturated heterocycles. The summed E-state index contributed by atoms with van der Waals surface area (Å²) in [7, 11) is 0. The van der Waals surface area contributed by atoms with Crippen molar-refractivity contribution in [1.82, 2.24) is 5.32 Å². The second-order valence-corrected chi connectivity index (χ2v) is 23.9. The Hall–Kier alpha value is -1.92. The Labute approximate surface area is 481 Å². The van der Waals surface area contributed by atoms with E-state index in [4.69, 9.17) is 4.74 Å². The molecule has 0 rings (SSSR count). The van der Waals surface area contributed by atoms with Gasteiger partial charge in [0.05, 0.1) is 25.4 Å². The van der Waals surface area contributed by atoms with Gasteiger partial charge in [-0.25, -0.2) is 0 Å². The Morgan fingerprint density at radius 2 is 0.649 bits per heavy atom. The summed E-state index contributed by atoms with van der Waals surface area (Å²) in [5.74, 6) is -0.0539. The molecule has 0 aromatic carbocycles. The van der Waals surface area contributed by atoms with E-state index < -0.39 is 12.1 Å². The molecule has 3 N–H and O–H groups in total. The number of aliphatic hydroxyl groups is 2. The van der Waals surface area contributed by atoms with E-state index in [2.05, 4.69) is 43.5 Å². The molecule has 454 valence electrons. The van der Waals surface area contributed by atoms with Gasteiger partial charge >= 0.3 is 5.97 Å². The van der Waals surface area contributed by atoms with Crippen molar-refractivity contribution in [2.24, 2.45) is 0 Å². The number of allylic oxidation sites excluding steroid dienone is 5. The lowest BCUT2D eigenvalue weighted by Crippen LogP contribution is -2.45. The summed E-state index contributed by atoms with van der Waals surface area (Å²) in [6.45, 7) is 4.91. The van der Waals surface area contributed by atoms with Gasteiger partial charge in [-0.05, 0) is 64.2 Å². The quantitative estimate of drug-likeness (QED) is 0.0320. The SMILES string of the molecule is CCCCC/C=C\C/C=C\CCCCCCCCCCCC(=O)OCCCCCCCCCCCCCCCCCCCCCCCCCC(=O)NC(CO)C(O)/C=C/CCCCCCCCCCCCCCCCCC. The van der Waals surface area contributed by atoms with Crippen molar-refractivity contribution in [1.29, 1.82) is 0 Å². The molecular formula is C71H135NO5. The van der Waals surface area contributed by atoms with Gasteiger partial charge in [-0.15, -0.1) is 0 Å². The molecule has 0 aromatic rings. The fourth-order valence-corrected chi connectivity index (χ4v) is 10.8. The first-order valence-electron chi connectivity index (χ1n) is 34.8. The molecule has 0 fully saturated rings. The first-order chi connectivity index (χ1) is 38.0. The van der Waals surface area contributed by atoms with Gasteiger partial charge in [0.25, 0.3) is 0 Å². The van der Waals surface area contributed by atoms with Crippen LogP contribution in [0.5, 0.6) is 0 Å². The van der Waals surface area contributed by atoms with Crippen molar-refractivity contribution in [3.8, 4) is 0 Å². The monoisotopic (exact) mass is 1080 g/mol. The number of aliphatic hydroxyl groups excluding tert-OH is 2. The molecule has 0 aliphatic heterocycles. The molecular weight excluding hydrogens is 947 g/mol. The van der Waals surface area contributed by atoms with E-state index in [1.807, 2.05) is 6.08 Å². The minimum Gasteiger partial charge on any atom is -0.466 e. The van der Waals surface area contributed by atoms with Gasteiger partial charge in [0, 0.05) is 12.8 Å². The first-order valence-corrected chi connectivity index (χ1v) is 34.8. The number of hydrogen-bond donors (Lipinski definition) is 3. The minimum atomic E-state index is -0.845. The maximum Gasteiger partial charge on any atom is 0.305 e. The number of ether oxygens (including phenoxy) is 1. The normalized spacial score (nSPS) is 12.7. The lowest BCUT2D eigenvalue weighted by atomic mass is 10.0. The van der Waals surface area contributed by atoms with E-state index in [-0.39, 0.29) is 18.5 Å². The molecule has 0 aliphatic carbocycles. The van der Waals surface area contributed by atoms with Crippen molar-refractivity contribution < 1.29 is 24.5 Å². The Balaban J connectivity index is 3.38. The molecule has 0 bridgehead atoms. The standard InChI is InChI=1S/C71H135NO5/c1-3-5-7-9-11-13-15-17-19-21-28-33-37-41-45-49-53-57-61-65-71(76)77-66-62-58-54-50-46-42-38-34-30-27-25-23-24-26-29-32-36-40-44-48-52-56-60-64-70(75)72-68(67-73)69(74)63-59-55-51-47-43-39-35-31-22-20-18-16-14-12-10-8-6-4-2/h11,13,17,19,59,63,68-69,73-74H,3-10,12,14-16,18,20-58,60-62,64-67H2,1-2H3,(H,72,75)/b13-11-,19-17-,63-59+. The summed E-state index contributed by atoms with van der Waals surface area (Å²) in [4.78, 5) is 24.6. The summed E-state index contributed by atoms with van der Waals surface area (Å²) in [6.07, 6.45) is 84.9. The van der Waals surface area contributed by atoms with Crippen LogP contribution in [-0.4, -0.2) is 47.4 Å². The second kappa shape index (κ2) is 66.6. The van der Waals surface area contributed by atoms with E-state index in [0.29, 0.717) is 19.4 Å². The second-order valence-electron chi connectivity index (χ2n) is 23.9. The Morgan fingerprint density at radius 3 is 1.01 bits per heavy atom. The zero-order chi connectivity index (χ0) is 55.7. The van der Waals surface area contributed by atoms with Gasteiger partial charge in [0.15, 0.2) is 0 Å². The first kappa shape index (κ1) is 75.1. The average Bonchev–Trinajstić information content (AvgIpc) is 3.43. The molecule has 1 amide bonds. The fraction of sp³-hybridized carbons (Fsp3) is 0.887. The van der Waals surface area contributed by atoms with Gasteiger partial charge in [0.1, 0.15) is 0 Å². The zero-order valence-electron chi connectivity index (χ0n) is 52.0. The molecule has 0 heterocycles. The summed E-state index contributed by atoms with van der Waals surface area (Å²) < 4.78 is 5.51.